The van der Waals surface area contributed by atoms with Crippen LogP contribution in [0.3, 0.4) is 0 Å². The molecule has 116 valence electrons. The number of rotatable bonds is 1. The smallest absolute Gasteiger partial charge is 0.329 e. The molecule has 24 heavy (non-hydrogen) atoms. The number of aromatic amines is 1. The molecule has 4 aromatic rings. The molecular formula is C16H9N5O3. The summed E-state index contributed by atoms with van der Waals surface area (Å²) in [5.74, 6) is 0.506. The van der Waals surface area contributed by atoms with Crippen LogP contribution in [0.25, 0.3) is 33.7 Å². The van der Waals surface area contributed by atoms with Crippen molar-refractivity contribution in [2.75, 3.05) is 0 Å². The Morgan fingerprint density at radius 3 is 2.67 bits per heavy atom. The van der Waals surface area contributed by atoms with E-state index in [1.54, 1.807) is 30.3 Å². The molecule has 8 heteroatoms. The molecule has 4 rings (SSSR count). The first-order valence-corrected chi connectivity index (χ1v) is 6.98. The van der Waals surface area contributed by atoms with E-state index in [1.807, 2.05) is 6.07 Å². The van der Waals surface area contributed by atoms with Crippen LogP contribution in [0.4, 0.5) is 0 Å². The maximum Gasteiger partial charge on any atom is 0.329 e. The third-order valence-corrected chi connectivity index (χ3v) is 3.70. The van der Waals surface area contributed by atoms with E-state index in [2.05, 4.69) is 15.0 Å². The van der Waals surface area contributed by atoms with Gasteiger partial charge in [-0.15, -0.1) is 0 Å². The Morgan fingerprint density at radius 2 is 1.96 bits per heavy atom. The molecule has 0 fully saturated rings. The molecule has 3 aromatic heterocycles. The van der Waals surface area contributed by atoms with E-state index in [0.717, 1.165) is 5.56 Å². The van der Waals surface area contributed by atoms with Gasteiger partial charge in [0.15, 0.2) is 11.2 Å². The van der Waals surface area contributed by atoms with Crippen molar-refractivity contribution in [3.8, 4) is 17.4 Å². The molecule has 0 bridgehead atoms. The van der Waals surface area contributed by atoms with E-state index < -0.39 is 11.2 Å². The van der Waals surface area contributed by atoms with E-state index in [9.17, 15) is 9.59 Å². The monoisotopic (exact) mass is 319 g/mol. The van der Waals surface area contributed by atoms with E-state index in [1.165, 1.54) is 11.6 Å². The van der Waals surface area contributed by atoms with Gasteiger partial charge in [0.2, 0.25) is 5.71 Å². The van der Waals surface area contributed by atoms with Crippen LogP contribution in [-0.4, -0.2) is 19.5 Å². The first kappa shape index (κ1) is 13.9. The zero-order chi connectivity index (χ0) is 16.8. The Hall–Kier alpha value is -3.73. The Labute approximate surface area is 133 Å². The highest BCUT2D eigenvalue weighted by molar-refractivity contribution is 5.84. The molecule has 8 nitrogen and oxygen atoms in total. The van der Waals surface area contributed by atoms with Gasteiger partial charge in [0, 0.05) is 18.7 Å². The number of nitrogens with zero attached hydrogens (tertiary/aromatic N) is 4. The molecule has 0 aliphatic carbocycles. The minimum Gasteiger partial charge on any atom is -0.436 e. The number of hydrogen-bond donors (Lipinski definition) is 1. The molecule has 1 N–H and O–H groups in total. The zero-order valence-corrected chi connectivity index (χ0v) is 12.4. The van der Waals surface area contributed by atoms with Gasteiger partial charge in [-0.25, -0.2) is 9.78 Å². The third kappa shape index (κ3) is 1.99. The van der Waals surface area contributed by atoms with Gasteiger partial charge in [-0.2, -0.15) is 10.2 Å². The molecule has 0 aliphatic rings. The maximum atomic E-state index is 11.9. The van der Waals surface area contributed by atoms with Crippen molar-refractivity contribution >= 4 is 22.4 Å². The summed E-state index contributed by atoms with van der Waals surface area (Å²) in [6.07, 6.45) is 0. The number of aromatic nitrogens is 4. The molecule has 0 unspecified atom stereocenters. The summed E-state index contributed by atoms with van der Waals surface area (Å²) in [6, 6.07) is 10.6. The average Bonchev–Trinajstić information content (AvgIpc) is 3.01. The fourth-order valence-electron chi connectivity index (χ4n) is 2.43. The second kappa shape index (κ2) is 4.89. The topological polar surface area (TPSA) is 118 Å². The minimum atomic E-state index is -0.594. The number of fused-ring (bicyclic) bond motifs is 2. The summed E-state index contributed by atoms with van der Waals surface area (Å²) in [4.78, 5) is 34.2. The number of hydrogen-bond acceptors (Lipinski definition) is 6. The predicted octanol–water partition coefficient (Wildman–Crippen LogP) is 1.30. The van der Waals surface area contributed by atoms with Gasteiger partial charge in [-0.1, -0.05) is 0 Å². The SMILES string of the molecule is Cn1c(=O)[nH]c(=O)c2nc3cc(-c4ccc(C#N)cc4)oc3nc21. The molecule has 0 radical (unpaired) electrons. The predicted molar refractivity (Wildman–Crippen MR) is 85.3 cm³/mol. The van der Waals surface area contributed by atoms with Gasteiger partial charge >= 0.3 is 5.69 Å². The molecule has 0 saturated carbocycles. The van der Waals surface area contributed by atoms with Crippen molar-refractivity contribution in [2.24, 2.45) is 7.05 Å². The van der Waals surface area contributed by atoms with Gasteiger partial charge in [-0.05, 0) is 24.3 Å². The van der Waals surface area contributed by atoms with Gasteiger partial charge in [0.05, 0.1) is 11.6 Å². The molecule has 1 aromatic carbocycles. The first-order chi connectivity index (χ1) is 11.6. The van der Waals surface area contributed by atoms with E-state index in [-0.39, 0.29) is 16.9 Å². The number of H-pyrrole nitrogens is 1. The van der Waals surface area contributed by atoms with Gasteiger partial charge in [-0.3, -0.25) is 14.3 Å². The normalized spacial score (nSPS) is 11.0. The number of aryl methyl sites for hydroxylation is 1. The largest absolute Gasteiger partial charge is 0.436 e. The zero-order valence-electron chi connectivity index (χ0n) is 12.4. The van der Waals surface area contributed by atoms with Gasteiger partial charge in [0.25, 0.3) is 5.56 Å². The van der Waals surface area contributed by atoms with Crippen molar-refractivity contribution in [1.82, 2.24) is 19.5 Å². The van der Waals surface area contributed by atoms with Crippen LogP contribution in [-0.2, 0) is 7.05 Å². The summed E-state index contributed by atoms with van der Waals surface area (Å²) >= 11 is 0. The highest BCUT2D eigenvalue weighted by Crippen LogP contribution is 2.26. The van der Waals surface area contributed by atoms with E-state index in [4.69, 9.17) is 9.68 Å². The van der Waals surface area contributed by atoms with Crippen LogP contribution in [0.1, 0.15) is 5.56 Å². The number of nitriles is 1. The van der Waals surface area contributed by atoms with Crippen LogP contribution in [0.5, 0.6) is 0 Å². The quantitative estimate of drug-likeness (QED) is 0.565. The molecular weight excluding hydrogens is 310 g/mol. The lowest BCUT2D eigenvalue weighted by Crippen LogP contribution is -2.29. The summed E-state index contributed by atoms with van der Waals surface area (Å²) in [7, 11) is 1.49. The lowest BCUT2D eigenvalue weighted by molar-refractivity contribution is 0.618. The first-order valence-electron chi connectivity index (χ1n) is 6.98. The van der Waals surface area contributed by atoms with Crippen molar-refractivity contribution in [2.45, 2.75) is 0 Å². The van der Waals surface area contributed by atoms with Crippen LogP contribution in [0.15, 0.2) is 44.3 Å². The Morgan fingerprint density at radius 1 is 1.21 bits per heavy atom. The number of nitrogens with one attached hydrogen (secondary N) is 1. The Balaban J connectivity index is 1.98. The van der Waals surface area contributed by atoms with Crippen molar-refractivity contribution in [1.29, 1.82) is 5.26 Å². The van der Waals surface area contributed by atoms with E-state index >= 15 is 0 Å². The van der Waals surface area contributed by atoms with Crippen molar-refractivity contribution in [3.05, 3.63) is 56.7 Å². The van der Waals surface area contributed by atoms with Crippen LogP contribution >= 0.6 is 0 Å². The van der Waals surface area contributed by atoms with Crippen LogP contribution in [0.2, 0.25) is 0 Å². The number of benzene rings is 1. The summed E-state index contributed by atoms with van der Waals surface area (Å²) in [5.41, 5.74) is 0.977. The molecule has 3 heterocycles. The number of furan rings is 1. The fourth-order valence-corrected chi connectivity index (χ4v) is 2.43. The molecule has 0 spiro atoms. The maximum absolute atomic E-state index is 11.9. The van der Waals surface area contributed by atoms with Crippen LogP contribution in [0, 0.1) is 11.3 Å². The minimum absolute atomic E-state index is 0.0665. The van der Waals surface area contributed by atoms with Crippen LogP contribution < -0.4 is 11.2 Å². The van der Waals surface area contributed by atoms with E-state index in [0.29, 0.717) is 16.8 Å². The Bertz CT molecular complexity index is 1260. The molecule has 0 saturated heterocycles. The van der Waals surface area contributed by atoms with Crippen molar-refractivity contribution in [3.63, 3.8) is 0 Å². The summed E-state index contributed by atoms with van der Waals surface area (Å²) < 4.78 is 6.89. The Kier molecular flexibility index (Phi) is 2.83. The summed E-state index contributed by atoms with van der Waals surface area (Å²) in [6.45, 7) is 0. The highest BCUT2D eigenvalue weighted by atomic mass is 16.3. The van der Waals surface area contributed by atoms with Crippen molar-refractivity contribution < 1.29 is 4.42 Å². The fraction of sp³-hybridized carbons (Fsp3) is 0.0625. The standard InChI is InChI=1S/C16H9N5O3/c1-21-13-12(14(22)20-16(21)23)18-10-6-11(24-15(10)19-13)9-4-2-8(7-17)3-5-9/h2-6H,1H3,(H,20,22,23). The molecule has 0 atom stereocenters. The average molecular weight is 319 g/mol. The second-order valence-electron chi connectivity index (χ2n) is 5.20. The van der Waals surface area contributed by atoms with Gasteiger partial charge < -0.3 is 4.42 Å². The van der Waals surface area contributed by atoms with Gasteiger partial charge in [0.1, 0.15) is 11.3 Å². The molecule has 0 amide bonds. The second-order valence-corrected chi connectivity index (χ2v) is 5.20. The highest BCUT2D eigenvalue weighted by Gasteiger charge is 2.14. The summed E-state index contributed by atoms with van der Waals surface area (Å²) in [5, 5.41) is 8.84. The third-order valence-electron chi connectivity index (χ3n) is 3.70. The lowest BCUT2D eigenvalue weighted by atomic mass is 10.1. The molecule has 0 aliphatic heterocycles. The lowest BCUT2D eigenvalue weighted by Gasteiger charge is -2.00.